The quantitative estimate of drug-likeness (QED) is 0.906. The first-order chi connectivity index (χ1) is 8.09. The standard InChI is InChI=1S/C12H13NO3S/c1-8(12(15)16)6-7-13-11(14)9-4-2-3-5-10(9)17-13/h2-5,8H,6-7H2,1H3,(H,15,16). The maximum atomic E-state index is 11.9. The topological polar surface area (TPSA) is 59.3 Å². The number of hydrogen-bond acceptors (Lipinski definition) is 3. The molecule has 0 aliphatic carbocycles. The molecule has 2 aromatic rings. The third-order valence-corrected chi connectivity index (χ3v) is 3.86. The third-order valence-electron chi connectivity index (χ3n) is 2.74. The molecule has 0 saturated carbocycles. The molecule has 17 heavy (non-hydrogen) atoms. The molecule has 1 N–H and O–H groups in total. The molecule has 4 nitrogen and oxygen atoms in total. The average Bonchev–Trinajstić information content (AvgIpc) is 2.64. The number of fused-ring (bicyclic) bond motifs is 1. The van der Waals surface area contributed by atoms with Crippen molar-refractivity contribution in [3.63, 3.8) is 0 Å². The van der Waals surface area contributed by atoms with E-state index in [1.165, 1.54) is 11.5 Å². The van der Waals surface area contributed by atoms with Gasteiger partial charge in [0.25, 0.3) is 5.56 Å². The number of benzene rings is 1. The van der Waals surface area contributed by atoms with Crippen molar-refractivity contribution in [1.29, 1.82) is 0 Å². The summed E-state index contributed by atoms with van der Waals surface area (Å²) in [6, 6.07) is 7.42. The Bertz CT molecular complexity index is 599. The predicted molar refractivity (Wildman–Crippen MR) is 67.5 cm³/mol. The Hall–Kier alpha value is -1.62. The highest BCUT2D eigenvalue weighted by Crippen LogP contribution is 2.16. The van der Waals surface area contributed by atoms with Gasteiger partial charge in [-0.25, -0.2) is 0 Å². The summed E-state index contributed by atoms with van der Waals surface area (Å²) >= 11 is 1.39. The fourth-order valence-electron chi connectivity index (χ4n) is 1.60. The molecule has 2 rings (SSSR count). The molecule has 0 saturated heterocycles. The van der Waals surface area contributed by atoms with Crippen LogP contribution in [0.5, 0.6) is 0 Å². The van der Waals surface area contributed by atoms with Gasteiger partial charge in [0.05, 0.1) is 16.0 Å². The molecule has 90 valence electrons. The number of aromatic nitrogens is 1. The summed E-state index contributed by atoms with van der Waals surface area (Å²) in [5, 5.41) is 9.49. The number of carbonyl (C=O) groups is 1. The van der Waals surface area contributed by atoms with Crippen molar-refractivity contribution in [2.24, 2.45) is 5.92 Å². The minimum Gasteiger partial charge on any atom is -0.481 e. The summed E-state index contributed by atoms with van der Waals surface area (Å²) in [4.78, 5) is 22.6. The minimum atomic E-state index is -0.820. The molecule has 1 heterocycles. The SMILES string of the molecule is CC(CCn1sc2ccccc2c1=O)C(=O)O. The van der Waals surface area contributed by atoms with Crippen molar-refractivity contribution in [1.82, 2.24) is 3.96 Å². The molecule has 1 atom stereocenters. The number of carboxylic acids is 1. The zero-order valence-electron chi connectivity index (χ0n) is 9.42. The van der Waals surface area contributed by atoms with E-state index in [0.717, 1.165) is 4.70 Å². The second kappa shape index (κ2) is 4.71. The number of aliphatic carboxylic acids is 1. The van der Waals surface area contributed by atoms with E-state index in [4.69, 9.17) is 5.11 Å². The maximum Gasteiger partial charge on any atom is 0.306 e. The van der Waals surface area contributed by atoms with Crippen LogP contribution in [0, 0.1) is 5.92 Å². The highest BCUT2D eigenvalue weighted by Gasteiger charge is 2.12. The van der Waals surface area contributed by atoms with Crippen LogP contribution in [0.2, 0.25) is 0 Å². The van der Waals surface area contributed by atoms with E-state index in [9.17, 15) is 9.59 Å². The molecule has 1 aromatic heterocycles. The van der Waals surface area contributed by atoms with Crippen LogP contribution in [0.1, 0.15) is 13.3 Å². The van der Waals surface area contributed by atoms with Crippen molar-refractivity contribution in [2.45, 2.75) is 19.9 Å². The number of rotatable bonds is 4. The van der Waals surface area contributed by atoms with Crippen LogP contribution >= 0.6 is 11.5 Å². The average molecular weight is 251 g/mol. The molecule has 5 heteroatoms. The van der Waals surface area contributed by atoms with Crippen LogP contribution in [0.25, 0.3) is 10.1 Å². The zero-order chi connectivity index (χ0) is 12.4. The Balaban J connectivity index is 2.22. The van der Waals surface area contributed by atoms with Crippen LogP contribution in [-0.2, 0) is 11.3 Å². The van der Waals surface area contributed by atoms with Crippen molar-refractivity contribution >= 4 is 27.6 Å². The van der Waals surface area contributed by atoms with Gasteiger partial charge < -0.3 is 5.11 Å². The molecular weight excluding hydrogens is 238 g/mol. The Morgan fingerprint density at radius 1 is 1.47 bits per heavy atom. The van der Waals surface area contributed by atoms with E-state index in [1.807, 2.05) is 18.2 Å². The van der Waals surface area contributed by atoms with Gasteiger partial charge in [0, 0.05) is 6.54 Å². The monoisotopic (exact) mass is 251 g/mol. The van der Waals surface area contributed by atoms with Gasteiger partial charge in [-0.05, 0) is 18.6 Å². The van der Waals surface area contributed by atoms with Crippen LogP contribution in [0.4, 0.5) is 0 Å². The molecule has 0 spiro atoms. The van der Waals surface area contributed by atoms with Gasteiger partial charge in [-0.2, -0.15) is 0 Å². The van der Waals surface area contributed by atoms with Gasteiger partial charge in [-0.15, -0.1) is 0 Å². The van der Waals surface area contributed by atoms with Gasteiger partial charge in [-0.1, -0.05) is 30.6 Å². The Labute approximate surface area is 102 Å². The fraction of sp³-hybridized carbons (Fsp3) is 0.333. The maximum absolute atomic E-state index is 11.9. The Kier molecular flexibility index (Phi) is 3.28. The van der Waals surface area contributed by atoms with Crippen LogP contribution in [0.3, 0.4) is 0 Å². The number of nitrogens with zero attached hydrogens (tertiary/aromatic N) is 1. The van der Waals surface area contributed by atoms with E-state index in [1.54, 1.807) is 16.9 Å². The third kappa shape index (κ3) is 2.39. The molecule has 1 unspecified atom stereocenters. The molecule has 0 aliphatic rings. The number of aryl methyl sites for hydroxylation is 1. The first-order valence-corrected chi connectivity index (χ1v) is 6.18. The number of carboxylic acid groups (broad SMARTS) is 1. The summed E-state index contributed by atoms with van der Waals surface area (Å²) in [5.74, 6) is -1.24. The lowest BCUT2D eigenvalue weighted by molar-refractivity contribution is -0.141. The summed E-state index contributed by atoms with van der Waals surface area (Å²) in [7, 11) is 0. The molecule has 0 bridgehead atoms. The largest absolute Gasteiger partial charge is 0.481 e. The lowest BCUT2D eigenvalue weighted by Crippen LogP contribution is -2.17. The predicted octanol–water partition coefficient (Wildman–Crippen LogP) is 2.17. The Morgan fingerprint density at radius 2 is 2.18 bits per heavy atom. The van der Waals surface area contributed by atoms with Crippen molar-refractivity contribution in [3.8, 4) is 0 Å². The first kappa shape index (κ1) is 11.9. The van der Waals surface area contributed by atoms with Gasteiger partial charge >= 0.3 is 5.97 Å². The fourth-order valence-corrected chi connectivity index (χ4v) is 2.61. The lowest BCUT2D eigenvalue weighted by atomic mass is 10.1. The summed E-state index contributed by atoms with van der Waals surface area (Å²) < 4.78 is 2.57. The van der Waals surface area contributed by atoms with E-state index in [0.29, 0.717) is 18.4 Å². The van der Waals surface area contributed by atoms with Crippen molar-refractivity contribution in [2.75, 3.05) is 0 Å². The second-order valence-corrected chi connectivity index (χ2v) is 5.09. The Morgan fingerprint density at radius 3 is 2.82 bits per heavy atom. The van der Waals surface area contributed by atoms with Crippen LogP contribution < -0.4 is 5.56 Å². The van der Waals surface area contributed by atoms with Crippen molar-refractivity contribution < 1.29 is 9.90 Å². The summed E-state index contributed by atoms with van der Waals surface area (Å²) in [6.45, 7) is 2.12. The van der Waals surface area contributed by atoms with Crippen molar-refractivity contribution in [3.05, 3.63) is 34.6 Å². The van der Waals surface area contributed by atoms with Gasteiger partial charge in [0.2, 0.25) is 0 Å². The van der Waals surface area contributed by atoms with Gasteiger partial charge in [0.15, 0.2) is 0 Å². The molecule has 0 aliphatic heterocycles. The molecule has 0 radical (unpaired) electrons. The molecule has 0 amide bonds. The normalized spacial score (nSPS) is 12.8. The van der Waals surface area contributed by atoms with Crippen LogP contribution in [0.15, 0.2) is 29.1 Å². The summed E-state index contributed by atoms with van der Waals surface area (Å²) in [6.07, 6.45) is 0.474. The first-order valence-electron chi connectivity index (χ1n) is 5.41. The van der Waals surface area contributed by atoms with E-state index >= 15 is 0 Å². The second-order valence-electron chi connectivity index (χ2n) is 4.02. The van der Waals surface area contributed by atoms with Crippen LogP contribution in [-0.4, -0.2) is 15.0 Å². The highest BCUT2D eigenvalue weighted by molar-refractivity contribution is 7.13. The van der Waals surface area contributed by atoms with Gasteiger partial charge in [0.1, 0.15) is 0 Å². The molecule has 0 fully saturated rings. The van der Waals surface area contributed by atoms with E-state index < -0.39 is 11.9 Å². The molecular formula is C12H13NO3S. The smallest absolute Gasteiger partial charge is 0.306 e. The van der Waals surface area contributed by atoms with E-state index in [-0.39, 0.29) is 5.56 Å². The van der Waals surface area contributed by atoms with Gasteiger partial charge in [-0.3, -0.25) is 13.5 Å². The summed E-state index contributed by atoms with van der Waals surface area (Å²) in [5.41, 5.74) is -0.0248. The zero-order valence-corrected chi connectivity index (χ0v) is 10.2. The number of hydrogen-bond donors (Lipinski definition) is 1. The molecule has 1 aromatic carbocycles. The van der Waals surface area contributed by atoms with E-state index in [2.05, 4.69) is 0 Å². The lowest BCUT2D eigenvalue weighted by Gasteiger charge is -2.04. The highest BCUT2D eigenvalue weighted by atomic mass is 32.1. The minimum absolute atomic E-state index is 0.0248.